The molecule has 0 aliphatic carbocycles. The first kappa shape index (κ1) is 19.1. The van der Waals surface area contributed by atoms with Gasteiger partial charge in [-0.15, -0.1) is 0 Å². The molecule has 2 aromatic carbocycles. The number of phenols is 1. The molecule has 1 heterocycles. The maximum atomic E-state index is 12.4. The van der Waals surface area contributed by atoms with E-state index in [1.165, 1.54) is 45.6 Å². The number of ketones is 1. The molecule has 1 aliphatic heterocycles. The van der Waals surface area contributed by atoms with Gasteiger partial charge in [0.1, 0.15) is 5.76 Å². The van der Waals surface area contributed by atoms with Crippen molar-refractivity contribution in [1.29, 1.82) is 0 Å². The summed E-state index contributed by atoms with van der Waals surface area (Å²) in [4.78, 5) is 24.5. The number of phenolic OH excluding ortho intramolecular Hbond substituents is 1. The summed E-state index contributed by atoms with van der Waals surface area (Å²) in [6.45, 7) is 0. The van der Waals surface area contributed by atoms with E-state index in [0.29, 0.717) is 17.1 Å². The van der Waals surface area contributed by atoms with Crippen molar-refractivity contribution in [3.8, 4) is 23.0 Å². The zero-order valence-electron chi connectivity index (χ0n) is 15.5. The highest BCUT2D eigenvalue weighted by Crippen LogP contribution is 2.38. The standard InChI is InChI=1S/C20H19NO7/c1-26-13-7-5-11(9-15(13)28-3)18(23)16-17(21-20(25)19(16)24)10-4-6-12(22)14(8-10)27-2/h4-9,17,22-23H,1-3H3,(H,21,25)/b18-16-. The molecule has 1 unspecified atom stereocenters. The second kappa shape index (κ2) is 7.51. The van der Waals surface area contributed by atoms with E-state index in [9.17, 15) is 19.8 Å². The number of hydrogen-bond acceptors (Lipinski definition) is 7. The van der Waals surface area contributed by atoms with Crippen molar-refractivity contribution in [2.45, 2.75) is 6.04 Å². The van der Waals surface area contributed by atoms with E-state index in [4.69, 9.17) is 14.2 Å². The molecule has 8 nitrogen and oxygen atoms in total. The monoisotopic (exact) mass is 385 g/mol. The Morgan fingerprint density at radius 2 is 1.61 bits per heavy atom. The fourth-order valence-electron chi connectivity index (χ4n) is 3.03. The Balaban J connectivity index is 2.13. The highest BCUT2D eigenvalue weighted by atomic mass is 16.5. The predicted molar refractivity (Wildman–Crippen MR) is 99.6 cm³/mol. The lowest BCUT2D eigenvalue weighted by Gasteiger charge is -2.16. The molecule has 1 amide bonds. The second-order valence-corrected chi connectivity index (χ2v) is 6.00. The number of aromatic hydroxyl groups is 1. The van der Waals surface area contributed by atoms with Gasteiger partial charge in [-0.3, -0.25) is 9.59 Å². The van der Waals surface area contributed by atoms with Crippen LogP contribution in [0.25, 0.3) is 5.76 Å². The Labute approximate surface area is 161 Å². The summed E-state index contributed by atoms with van der Waals surface area (Å²) >= 11 is 0. The fourth-order valence-corrected chi connectivity index (χ4v) is 3.03. The summed E-state index contributed by atoms with van der Waals surface area (Å²) in [7, 11) is 4.31. The lowest BCUT2D eigenvalue weighted by Crippen LogP contribution is -2.21. The molecule has 8 heteroatoms. The van der Waals surface area contributed by atoms with Crippen molar-refractivity contribution in [3.63, 3.8) is 0 Å². The molecule has 1 aliphatic rings. The van der Waals surface area contributed by atoms with Crippen molar-refractivity contribution >= 4 is 17.4 Å². The molecule has 28 heavy (non-hydrogen) atoms. The minimum absolute atomic E-state index is 0.0865. The van der Waals surface area contributed by atoms with Crippen LogP contribution in [-0.4, -0.2) is 43.2 Å². The van der Waals surface area contributed by atoms with Crippen LogP contribution < -0.4 is 19.5 Å². The van der Waals surface area contributed by atoms with Crippen LogP contribution in [0.2, 0.25) is 0 Å². The summed E-state index contributed by atoms with van der Waals surface area (Å²) in [6, 6.07) is 8.14. The maximum Gasteiger partial charge on any atom is 0.293 e. The number of carbonyl (C=O) groups excluding carboxylic acids is 2. The molecule has 0 saturated carbocycles. The number of nitrogens with one attached hydrogen (secondary N) is 1. The van der Waals surface area contributed by atoms with Gasteiger partial charge < -0.3 is 29.7 Å². The largest absolute Gasteiger partial charge is 0.507 e. The predicted octanol–water partition coefficient (Wildman–Crippen LogP) is 2.13. The Kier molecular flexibility index (Phi) is 5.12. The van der Waals surface area contributed by atoms with Crippen LogP contribution in [0.5, 0.6) is 23.0 Å². The van der Waals surface area contributed by atoms with Crippen molar-refractivity contribution < 1.29 is 34.0 Å². The zero-order chi connectivity index (χ0) is 20.4. The van der Waals surface area contributed by atoms with Crippen LogP contribution in [0, 0.1) is 0 Å². The number of aliphatic hydroxyl groups excluding tert-OH is 1. The first-order valence-corrected chi connectivity index (χ1v) is 8.28. The summed E-state index contributed by atoms with van der Waals surface area (Å²) in [5.41, 5.74) is 0.647. The Bertz CT molecular complexity index is 981. The minimum Gasteiger partial charge on any atom is -0.507 e. The van der Waals surface area contributed by atoms with Crippen LogP contribution in [0.3, 0.4) is 0 Å². The Morgan fingerprint density at radius 1 is 0.929 bits per heavy atom. The molecule has 0 radical (unpaired) electrons. The molecule has 1 saturated heterocycles. The number of ether oxygens (including phenoxy) is 3. The SMILES string of the molecule is COc1cc(C2NC(=O)C(=O)/C2=C(\O)c2ccc(OC)c(OC)c2)ccc1O. The number of carbonyl (C=O) groups is 2. The van der Waals surface area contributed by atoms with Gasteiger partial charge in [0.2, 0.25) is 0 Å². The van der Waals surface area contributed by atoms with E-state index in [0.717, 1.165) is 0 Å². The van der Waals surface area contributed by atoms with Gasteiger partial charge in [0.05, 0.1) is 32.9 Å². The van der Waals surface area contributed by atoms with Gasteiger partial charge >= 0.3 is 0 Å². The van der Waals surface area contributed by atoms with E-state index in [1.54, 1.807) is 12.1 Å². The number of amides is 1. The van der Waals surface area contributed by atoms with Gasteiger partial charge in [0, 0.05) is 5.56 Å². The molecule has 3 N–H and O–H groups in total. The van der Waals surface area contributed by atoms with Gasteiger partial charge in [-0.1, -0.05) is 6.07 Å². The van der Waals surface area contributed by atoms with Crippen LogP contribution in [0.15, 0.2) is 42.0 Å². The Morgan fingerprint density at radius 3 is 2.25 bits per heavy atom. The lowest BCUT2D eigenvalue weighted by molar-refractivity contribution is -0.133. The van der Waals surface area contributed by atoms with Crippen LogP contribution in [0.1, 0.15) is 17.2 Å². The van der Waals surface area contributed by atoms with E-state index in [2.05, 4.69) is 5.32 Å². The molecule has 2 aromatic rings. The molecule has 1 atom stereocenters. The summed E-state index contributed by atoms with van der Waals surface area (Å²) in [5.74, 6) is -1.13. The molecular weight excluding hydrogens is 366 g/mol. The number of Topliss-reactive ketones (excluding diaryl/α,β-unsaturated/α-hetero) is 1. The third-order valence-corrected chi connectivity index (χ3v) is 4.46. The van der Waals surface area contributed by atoms with Gasteiger partial charge in [0.15, 0.2) is 23.0 Å². The fraction of sp³-hybridized carbons (Fsp3) is 0.200. The van der Waals surface area contributed by atoms with Crippen molar-refractivity contribution in [1.82, 2.24) is 5.32 Å². The highest BCUT2D eigenvalue weighted by molar-refractivity contribution is 6.46. The first-order valence-electron chi connectivity index (χ1n) is 8.28. The summed E-state index contributed by atoms with van der Waals surface area (Å²) < 4.78 is 15.5. The van der Waals surface area contributed by atoms with E-state index < -0.39 is 17.7 Å². The van der Waals surface area contributed by atoms with Gasteiger partial charge in [-0.25, -0.2) is 0 Å². The van der Waals surface area contributed by atoms with Crippen LogP contribution in [0.4, 0.5) is 0 Å². The molecule has 0 bridgehead atoms. The van der Waals surface area contributed by atoms with E-state index >= 15 is 0 Å². The average molecular weight is 385 g/mol. The van der Waals surface area contributed by atoms with E-state index in [1.807, 2.05) is 0 Å². The van der Waals surface area contributed by atoms with Crippen LogP contribution >= 0.6 is 0 Å². The Hall–Kier alpha value is -3.68. The second-order valence-electron chi connectivity index (χ2n) is 6.00. The van der Waals surface area contributed by atoms with E-state index in [-0.39, 0.29) is 28.4 Å². The van der Waals surface area contributed by atoms with Crippen molar-refractivity contribution in [3.05, 3.63) is 53.1 Å². The lowest BCUT2D eigenvalue weighted by atomic mass is 9.95. The molecular formula is C20H19NO7. The zero-order valence-corrected chi connectivity index (χ0v) is 15.5. The molecule has 0 spiro atoms. The van der Waals surface area contributed by atoms with Crippen molar-refractivity contribution in [2.75, 3.05) is 21.3 Å². The summed E-state index contributed by atoms with van der Waals surface area (Å²) in [5, 5.41) is 23.1. The number of hydrogen-bond donors (Lipinski definition) is 3. The number of rotatable bonds is 5. The number of aliphatic hydroxyl groups is 1. The normalized spacial score (nSPS) is 17.9. The first-order chi connectivity index (χ1) is 13.4. The number of benzene rings is 2. The average Bonchev–Trinajstić information content (AvgIpc) is 3.01. The smallest absolute Gasteiger partial charge is 0.293 e. The molecule has 0 aromatic heterocycles. The van der Waals surface area contributed by atoms with Crippen LogP contribution in [-0.2, 0) is 9.59 Å². The quantitative estimate of drug-likeness (QED) is 0.410. The number of methoxy groups -OCH3 is 3. The van der Waals surface area contributed by atoms with Gasteiger partial charge in [-0.2, -0.15) is 0 Å². The van der Waals surface area contributed by atoms with Gasteiger partial charge in [0.25, 0.3) is 11.7 Å². The molecule has 1 fully saturated rings. The molecule has 146 valence electrons. The minimum atomic E-state index is -0.900. The summed E-state index contributed by atoms with van der Waals surface area (Å²) in [6.07, 6.45) is 0. The highest BCUT2D eigenvalue weighted by Gasteiger charge is 2.40. The van der Waals surface area contributed by atoms with Crippen molar-refractivity contribution in [2.24, 2.45) is 0 Å². The third-order valence-electron chi connectivity index (χ3n) is 4.46. The maximum absolute atomic E-state index is 12.4. The third kappa shape index (κ3) is 3.20. The topological polar surface area (TPSA) is 114 Å². The van der Waals surface area contributed by atoms with Gasteiger partial charge in [-0.05, 0) is 35.9 Å². The molecule has 3 rings (SSSR count).